The highest BCUT2D eigenvalue weighted by atomic mass is 32.2. The molecular formula is C20H18N2O6S. The SMILES string of the molecule is Cc1onc(-c2ccccc2)c1C(=O)OCC(=O)Nc1cccc(S(C)(=O)=O)c1. The second-order valence-electron chi connectivity index (χ2n) is 6.25. The molecule has 0 atom stereocenters. The summed E-state index contributed by atoms with van der Waals surface area (Å²) in [4.78, 5) is 24.7. The molecule has 1 aromatic heterocycles. The van der Waals surface area contributed by atoms with Crippen LogP contribution in [0.5, 0.6) is 0 Å². The molecule has 0 unspecified atom stereocenters. The van der Waals surface area contributed by atoms with Crippen molar-refractivity contribution in [1.82, 2.24) is 5.16 Å². The number of anilines is 1. The second-order valence-corrected chi connectivity index (χ2v) is 8.27. The first kappa shape index (κ1) is 20.3. The molecule has 0 saturated carbocycles. The largest absolute Gasteiger partial charge is 0.452 e. The Kier molecular flexibility index (Phi) is 5.79. The summed E-state index contributed by atoms with van der Waals surface area (Å²) in [6, 6.07) is 14.8. The van der Waals surface area contributed by atoms with Crippen LogP contribution in [-0.2, 0) is 19.4 Å². The minimum absolute atomic E-state index is 0.0693. The number of nitrogens with one attached hydrogen (secondary N) is 1. The monoisotopic (exact) mass is 414 g/mol. The van der Waals surface area contributed by atoms with E-state index in [4.69, 9.17) is 9.26 Å². The Balaban J connectivity index is 1.68. The van der Waals surface area contributed by atoms with E-state index in [9.17, 15) is 18.0 Å². The zero-order chi connectivity index (χ0) is 21.0. The molecule has 1 amide bonds. The van der Waals surface area contributed by atoms with Gasteiger partial charge < -0.3 is 14.6 Å². The van der Waals surface area contributed by atoms with Crippen molar-refractivity contribution in [3.05, 3.63) is 65.9 Å². The molecule has 0 fully saturated rings. The zero-order valence-corrected chi connectivity index (χ0v) is 16.5. The summed E-state index contributed by atoms with van der Waals surface area (Å²) >= 11 is 0. The number of ether oxygens (including phenoxy) is 1. The number of hydrogen-bond donors (Lipinski definition) is 1. The smallest absolute Gasteiger partial charge is 0.344 e. The molecule has 1 heterocycles. The molecule has 9 heteroatoms. The van der Waals surface area contributed by atoms with Gasteiger partial charge in [0.25, 0.3) is 5.91 Å². The molecule has 29 heavy (non-hydrogen) atoms. The minimum atomic E-state index is -3.41. The summed E-state index contributed by atoms with van der Waals surface area (Å²) in [5.74, 6) is -1.09. The number of nitrogens with zero attached hydrogens (tertiary/aromatic N) is 1. The Labute approximate surface area is 167 Å². The Morgan fingerprint density at radius 3 is 2.52 bits per heavy atom. The minimum Gasteiger partial charge on any atom is -0.452 e. The number of carbonyl (C=O) groups is 2. The van der Waals surface area contributed by atoms with Crippen molar-refractivity contribution in [3.63, 3.8) is 0 Å². The molecule has 0 radical (unpaired) electrons. The highest BCUT2D eigenvalue weighted by Gasteiger charge is 2.23. The number of benzene rings is 2. The van der Waals surface area contributed by atoms with E-state index >= 15 is 0 Å². The quantitative estimate of drug-likeness (QED) is 0.617. The van der Waals surface area contributed by atoms with E-state index in [1.165, 1.54) is 24.3 Å². The van der Waals surface area contributed by atoms with E-state index in [1.54, 1.807) is 31.2 Å². The number of carbonyl (C=O) groups excluding carboxylic acids is 2. The predicted octanol–water partition coefficient (Wildman–Crippen LogP) is 2.85. The standard InChI is InChI=1S/C20H18N2O6S/c1-13-18(19(22-28-13)14-7-4-3-5-8-14)20(24)27-12-17(23)21-15-9-6-10-16(11-15)29(2,25)26/h3-11H,12H2,1-2H3,(H,21,23). The maximum absolute atomic E-state index is 12.5. The van der Waals surface area contributed by atoms with Crippen molar-refractivity contribution >= 4 is 27.4 Å². The van der Waals surface area contributed by atoms with Crippen molar-refractivity contribution in [2.45, 2.75) is 11.8 Å². The van der Waals surface area contributed by atoms with E-state index in [2.05, 4.69) is 10.5 Å². The number of amides is 1. The van der Waals surface area contributed by atoms with Crippen LogP contribution in [0.25, 0.3) is 11.3 Å². The van der Waals surface area contributed by atoms with E-state index in [0.717, 1.165) is 6.26 Å². The molecule has 0 bridgehead atoms. The van der Waals surface area contributed by atoms with Crippen LogP contribution in [0.3, 0.4) is 0 Å². The Bertz CT molecular complexity index is 1150. The normalized spacial score (nSPS) is 11.1. The molecule has 8 nitrogen and oxygen atoms in total. The second kappa shape index (κ2) is 8.27. The average molecular weight is 414 g/mol. The Hall–Kier alpha value is -3.46. The molecule has 0 saturated heterocycles. The summed E-state index contributed by atoms with van der Waals surface area (Å²) in [5, 5.41) is 6.40. The van der Waals surface area contributed by atoms with Gasteiger partial charge in [0.2, 0.25) is 0 Å². The lowest BCUT2D eigenvalue weighted by atomic mass is 10.1. The first-order chi connectivity index (χ1) is 13.8. The third kappa shape index (κ3) is 4.88. The summed E-state index contributed by atoms with van der Waals surface area (Å²) in [6.07, 6.45) is 1.07. The van der Waals surface area contributed by atoms with Crippen LogP contribution in [0, 0.1) is 6.92 Å². The van der Waals surface area contributed by atoms with Gasteiger partial charge in [-0.2, -0.15) is 0 Å². The van der Waals surface area contributed by atoms with Gasteiger partial charge in [-0.3, -0.25) is 4.79 Å². The number of sulfone groups is 1. The first-order valence-electron chi connectivity index (χ1n) is 8.54. The van der Waals surface area contributed by atoms with E-state index in [0.29, 0.717) is 11.3 Å². The molecule has 150 valence electrons. The number of aromatic nitrogens is 1. The number of hydrogen-bond acceptors (Lipinski definition) is 7. The molecule has 0 aliphatic rings. The van der Waals surface area contributed by atoms with Crippen molar-refractivity contribution in [1.29, 1.82) is 0 Å². The summed E-state index contributed by atoms with van der Waals surface area (Å²) in [6.45, 7) is 1.02. The Morgan fingerprint density at radius 1 is 1.10 bits per heavy atom. The average Bonchev–Trinajstić information content (AvgIpc) is 3.08. The molecule has 3 aromatic rings. The van der Waals surface area contributed by atoms with Crippen molar-refractivity contribution in [2.24, 2.45) is 0 Å². The fourth-order valence-corrected chi connectivity index (χ4v) is 3.28. The fraction of sp³-hybridized carbons (Fsp3) is 0.150. The number of esters is 1. The van der Waals surface area contributed by atoms with Crippen LogP contribution < -0.4 is 5.32 Å². The van der Waals surface area contributed by atoms with Gasteiger partial charge in [-0.15, -0.1) is 0 Å². The number of aryl methyl sites for hydroxylation is 1. The maximum atomic E-state index is 12.5. The Morgan fingerprint density at radius 2 is 1.83 bits per heavy atom. The van der Waals surface area contributed by atoms with E-state index in [-0.39, 0.29) is 21.9 Å². The summed E-state index contributed by atoms with van der Waals surface area (Å²) in [5.41, 5.74) is 1.43. The summed E-state index contributed by atoms with van der Waals surface area (Å²) in [7, 11) is -3.41. The van der Waals surface area contributed by atoms with Gasteiger partial charge in [0.05, 0.1) is 4.90 Å². The van der Waals surface area contributed by atoms with Gasteiger partial charge in [-0.05, 0) is 25.1 Å². The van der Waals surface area contributed by atoms with Crippen LogP contribution in [0.1, 0.15) is 16.1 Å². The van der Waals surface area contributed by atoms with E-state index < -0.39 is 28.3 Å². The van der Waals surface area contributed by atoms with Gasteiger partial charge >= 0.3 is 5.97 Å². The number of rotatable bonds is 6. The molecule has 2 aromatic carbocycles. The van der Waals surface area contributed by atoms with Crippen molar-refractivity contribution in [3.8, 4) is 11.3 Å². The molecule has 3 rings (SSSR count). The van der Waals surface area contributed by atoms with Crippen LogP contribution in [-0.4, -0.2) is 38.3 Å². The van der Waals surface area contributed by atoms with Crippen molar-refractivity contribution < 1.29 is 27.3 Å². The van der Waals surface area contributed by atoms with Crippen LogP contribution in [0.4, 0.5) is 5.69 Å². The lowest BCUT2D eigenvalue weighted by Crippen LogP contribution is -2.21. The molecule has 1 N–H and O–H groups in total. The van der Waals surface area contributed by atoms with E-state index in [1.807, 2.05) is 6.07 Å². The van der Waals surface area contributed by atoms with Gasteiger partial charge in [-0.1, -0.05) is 41.6 Å². The van der Waals surface area contributed by atoms with Crippen LogP contribution in [0.2, 0.25) is 0 Å². The lowest BCUT2D eigenvalue weighted by molar-refractivity contribution is -0.119. The first-order valence-corrected chi connectivity index (χ1v) is 10.4. The zero-order valence-electron chi connectivity index (χ0n) is 15.7. The van der Waals surface area contributed by atoms with Gasteiger partial charge in [-0.25, -0.2) is 13.2 Å². The highest BCUT2D eigenvalue weighted by Crippen LogP contribution is 2.25. The molecule has 0 aliphatic heterocycles. The fourth-order valence-electron chi connectivity index (χ4n) is 2.61. The molecule has 0 aliphatic carbocycles. The van der Waals surface area contributed by atoms with Gasteiger partial charge in [0, 0.05) is 17.5 Å². The molecular weight excluding hydrogens is 396 g/mol. The predicted molar refractivity (Wildman–Crippen MR) is 105 cm³/mol. The van der Waals surface area contributed by atoms with Crippen molar-refractivity contribution in [2.75, 3.05) is 18.2 Å². The summed E-state index contributed by atoms with van der Waals surface area (Å²) < 4.78 is 33.4. The highest BCUT2D eigenvalue weighted by molar-refractivity contribution is 7.90. The third-order valence-corrected chi connectivity index (χ3v) is 5.10. The van der Waals surface area contributed by atoms with Crippen LogP contribution >= 0.6 is 0 Å². The third-order valence-electron chi connectivity index (χ3n) is 3.99. The van der Waals surface area contributed by atoms with Gasteiger partial charge in [0.15, 0.2) is 16.4 Å². The topological polar surface area (TPSA) is 116 Å². The maximum Gasteiger partial charge on any atom is 0.344 e. The lowest BCUT2D eigenvalue weighted by Gasteiger charge is -2.08. The van der Waals surface area contributed by atoms with Gasteiger partial charge in [0.1, 0.15) is 17.0 Å². The van der Waals surface area contributed by atoms with Crippen LogP contribution in [0.15, 0.2) is 64.0 Å². The molecule has 0 spiro atoms.